The van der Waals surface area contributed by atoms with Crippen LogP contribution in [0.5, 0.6) is 11.6 Å². The Labute approximate surface area is 196 Å². The van der Waals surface area contributed by atoms with Crippen molar-refractivity contribution in [3.8, 4) is 11.6 Å². The van der Waals surface area contributed by atoms with Crippen molar-refractivity contribution >= 4 is 44.5 Å². The molecule has 33 heavy (non-hydrogen) atoms. The van der Waals surface area contributed by atoms with Gasteiger partial charge in [-0.05, 0) is 42.8 Å². The number of hydrogen-bond acceptors (Lipinski definition) is 6. The van der Waals surface area contributed by atoms with E-state index in [-0.39, 0.29) is 26.4 Å². The molecule has 1 atom stereocenters. The zero-order valence-corrected chi connectivity index (χ0v) is 19.3. The van der Waals surface area contributed by atoms with Gasteiger partial charge in [-0.3, -0.25) is 4.79 Å². The number of nitrogens with zero attached hydrogens (tertiary/aromatic N) is 2. The standard InChI is InChI=1S/C20H15Cl2F3N4O3S/c1-10-15(18(30)27-11-5-3-6-12(9-11)33(2,26)31)19(29-28-17(10)20(23,24)25)32-16-13(21)7-4-8-14(16)22/h3-9,26H,1-2H3,(H,27,30). The summed E-state index contributed by atoms with van der Waals surface area (Å²) in [6.07, 6.45) is -3.69. The second-order valence-electron chi connectivity index (χ2n) is 6.83. The van der Waals surface area contributed by atoms with E-state index >= 15 is 0 Å². The Morgan fingerprint density at radius 3 is 2.30 bits per heavy atom. The molecule has 3 rings (SSSR count). The lowest BCUT2D eigenvalue weighted by Gasteiger charge is -2.17. The number of anilines is 1. The number of nitrogens with one attached hydrogen (secondary N) is 2. The van der Waals surface area contributed by atoms with Crippen molar-refractivity contribution in [2.75, 3.05) is 11.6 Å². The number of amides is 1. The van der Waals surface area contributed by atoms with E-state index < -0.39 is 44.5 Å². The van der Waals surface area contributed by atoms with Crippen molar-refractivity contribution in [1.82, 2.24) is 10.2 Å². The van der Waals surface area contributed by atoms with Crippen LogP contribution in [0.3, 0.4) is 0 Å². The van der Waals surface area contributed by atoms with Crippen LogP contribution >= 0.6 is 23.2 Å². The summed E-state index contributed by atoms with van der Waals surface area (Å²) in [7, 11) is -3.09. The Kier molecular flexibility index (Phi) is 6.87. The highest BCUT2D eigenvalue weighted by Crippen LogP contribution is 2.39. The first-order valence-corrected chi connectivity index (χ1v) is 11.7. The van der Waals surface area contributed by atoms with Crippen LogP contribution in [0.25, 0.3) is 0 Å². The number of hydrogen-bond donors (Lipinski definition) is 2. The summed E-state index contributed by atoms with van der Waals surface area (Å²) in [5.74, 6) is -1.68. The number of ether oxygens (including phenoxy) is 1. The van der Waals surface area contributed by atoms with Crippen molar-refractivity contribution in [1.29, 1.82) is 4.78 Å². The molecule has 1 amide bonds. The van der Waals surface area contributed by atoms with Gasteiger partial charge in [0.2, 0.25) is 0 Å². The molecule has 1 heterocycles. The first kappa shape index (κ1) is 24.7. The molecule has 0 bridgehead atoms. The lowest BCUT2D eigenvalue weighted by Crippen LogP contribution is -2.21. The van der Waals surface area contributed by atoms with Gasteiger partial charge >= 0.3 is 6.18 Å². The number of aromatic nitrogens is 2. The van der Waals surface area contributed by atoms with Crippen molar-refractivity contribution < 1.29 is 26.9 Å². The maximum atomic E-state index is 13.4. The normalized spacial score (nSPS) is 13.3. The molecule has 0 radical (unpaired) electrons. The number of carbonyl (C=O) groups excluding carboxylic acids is 1. The summed E-state index contributed by atoms with van der Waals surface area (Å²) in [4.78, 5) is 13.2. The van der Waals surface area contributed by atoms with Gasteiger partial charge in [0.1, 0.15) is 5.56 Å². The van der Waals surface area contributed by atoms with E-state index in [1.807, 2.05) is 0 Å². The Hall–Kier alpha value is -2.89. The highest BCUT2D eigenvalue weighted by atomic mass is 35.5. The van der Waals surface area contributed by atoms with Crippen LogP contribution in [0, 0.1) is 11.7 Å². The third-order valence-corrected chi connectivity index (χ3v) is 6.09. The van der Waals surface area contributed by atoms with Crippen molar-refractivity contribution in [3.05, 3.63) is 69.3 Å². The summed E-state index contributed by atoms with van der Waals surface area (Å²) in [6, 6.07) is 9.98. The van der Waals surface area contributed by atoms with Gasteiger partial charge in [0.05, 0.1) is 19.8 Å². The Morgan fingerprint density at radius 2 is 1.73 bits per heavy atom. The van der Waals surface area contributed by atoms with Gasteiger partial charge in [-0.1, -0.05) is 35.3 Å². The SMILES string of the molecule is Cc1c(C(F)(F)F)nnc(Oc2c(Cl)cccc2Cl)c1C(=O)Nc1cccc(S(C)(=N)=O)c1. The zero-order valence-electron chi connectivity index (χ0n) is 17.0. The predicted molar refractivity (Wildman–Crippen MR) is 118 cm³/mol. The molecule has 0 spiro atoms. The summed E-state index contributed by atoms with van der Waals surface area (Å²) >= 11 is 12.1. The van der Waals surface area contributed by atoms with Gasteiger partial charge in [-0.15, -0.1) is 10.2 Å². The van der Waals surface area contributed by atoms with Gasteiger partial charge in [0.15, 0.2) is 11.4 Å². The van der Waals surface area contributed by atoms with Gasteiger partial charge < -0.3 is 10.1 Å². The van der Waals surface area contributed by atoms with E-state index in [9.17, 15) is 22.2 Å². The van der Waals surface area contributed by atoms with E-state index in [0.717, 1.165) is 6.92 Å². The number of carbonyl (C=O) groups is 1. The fraction of sp³-hybridized carbons (Fsp3) is 0.150. The molecule has 0 aliphatic carbocycles. The molecular formula is C20H15Cl2F3N4O3S. The van der Waals surface area contributed by atoms with E-state index in [1.54, 1.807) is 0 Å². The topological polar surface area (TPSA) is 105 Å². The average molecular weight is 519 g/mol. The molecule has 3 aromatic rings. The molecule has 0 saturated heterocycles. The predicted octanol–water partition coefficient (Wildman–Crippen LogP) is 6.19. The summed E-state index contributed by atoms with van der Waals surface area (Å²) in [5, 5.41) is 9.12. The first-order chi connectivity index (χ1) is 15.3. The molecule has 1 unspecified atom stereocenters. The first-order valence-electron chi connectivity index (χ1n) is 9.00. The van der Waals surface area contributed by atoms with Gasteiger partial charge in [0, 0.05) is 16.8 Å². The van der Waals surface area contributed by atoms with Crippen molar-refractivity contribution in [2.24, 2.45) is 0 Å². The minimum absolute atomic E-state index is 0.0362. The minimum Gasteiger partial charge on any atom is -0.434 e. The number of benzene rings is 2. The quantitative estimate of drug-likeness (QED) is 0.418. The van der Waals surface area contributed by atoms with Gasteiger partial charge in [-0.2, -0.15) is 13.2 Å². The van der Waals surface area contributed by atoms with Crippen molar-refractivity contribution in [3.63, 3.8) is 0 Å². The molecule has 13 heteroatoms. The van der Waals surface area contributed by atoms with Gasteiger partial charge in [-0.25, -0.2) is 8.99 Å². The maximum Gasteiger partial charge on any atom is 0.435 e. The summed E-state index contributed by atoms with van der Waals surface area (Å²) in [6.45, 7) is 1.05. The molecular weight excluding hydrogens is 504 g/mol. The Balaban J connectivity index is 2.11. The molecule has 0 aliphatic heterocycles. The molecule has 174 valence electrons. The summed E-state index contributed by atoms with van der Waals surface area (Å²) < 4.78 is 65.4. The molecule has 2 aromatic carbocycles. The summed E-state index contributed by atoms with van der Waals surface area (Å²) in [5.41, 5.74) is -2.36. The van der Waals surface area contributed by atoms with E-state index in [4.69, 9.17) is 32.7 Å². The fourth-order valence-corrected chi connectivity index (χ4v) is 3.96. The monoisotopic (exact) mass is 518 g/mol. The molecule has 0 aliphatic rings. The lowest BCUT2D eigenvalue weighted by molar-refractivity contribution is -0.142. The molecule has 2 N–H and O–H groups in total. The van der Waals surface area contributed by atoms with Crippen LogP contribution in [0.1, 0.15) is 21.6 Å². The third-order valence-electron chi connectivity index (χ3n) is 4.34. The van der Waals surface area contributed by atoms with Crippen LogP contribution in [0.15, 0.2) is 47.4 Å². The number of rotatable bonds is 5. The van der Waals surface area contributed by atoms with Crippen LogP contribution in [-0.2, 0) is 15.9 Å². The van der Waals surface area contributed by atoms with Crippen LogP contribution in [0.4, 0.5) is 18.9 Å². The highest BCUT2D eigenvalue weighted by Gasteiger charge is 2.38. The maximum absolute atomic E-state index is 13.4. The number of para-hydroxylation sites is 1. The zero-order chi connectivity index (χ0) is 24.6. The van der Waals surface area contributed by atoms with Crippen LogP contribution in [-0.4, -0.2) is 26.6 Å². The molecule has 1 aromatic heterocycles. The van der Waals surface area contributed by atoms with E-state index in [2.05, 4.69) is 15.5 Å². The number of alkyl halides is 3. The van der Waals surface area contributed by atoms with Crippen LogP contribution < -0.4 is 10.1 Å². The van der Waals surface area contributed by atoms with Gasteiger partial charge in [0.25, 0.3) is 11.8 Å². The van der Waals surface area contributed by atoms with E-state index in [0.29, 0.717) is 0 Å². The third kappa shape index (κ3) is 5.55. The number of halogens is 5. The fourth-order valence-electron chi connectivity index (χ4n) is 2.79. The van der Waals surface area contributed by atoms with Crippen LogP contribution in [0.2, 0.25) is 10.0 Å². The second-order valence-corrected chi connectivity index (χ2v) is 9.80. The Bertz CT molecular complexity index is 1330. The lowest BCUT2D eigenvalue weighted by atomic mass is 10.1. The smallest absolute Gasteiger partial charge is 0.434 e. The highest BCUT2D eigenvalue weighted by molar-refractivity contribution is 7.91. The largest absolute Gasteiger partial charge is 0.435 e. The molecule has 7 nitrogen and oxygen atoms in total. The second kappa shape index (κ2) is 9.16. The minimum atomic E-state index is -4.88. The average Bonchev–Trinajstić information content (AvgIpc) is 2.69. The van der Waals surface area contributed by atoms with Crippen molar-refractivity contribution in [2.45, 2.75) is 18.0 Å². The molecule has 0 fully saturated rings. The van der Waals surface area contributed by atoms with E-state index in [1.165, 1.54) is 48.7 Å². The Morgan fingerprint density at radius 1 is 1.12 bits per heavy atom. The molecule has 0 saturated carbocycles.